The number of para-hydroxylation sites is 1. The number of carboxylic acids is 1. The number of hydrogen-bond acceptors (Lipinski definition) is 7. The van der Waals surface area contributed by atoms with Gasteiger partial charge in [-0.15, -0.1) is 0 Å². The van der Waals surface area contributed by atoms with Crippen LogP contribution in [0, 0.1) is 11.3 Å². The number of carbonyl (C=O) groups is 2. The molecule has 37 heavy (non-hydrogen) atoms. The Morgan fingerprint density at radius 3 is 2.57 bits per heavy atom. The number of amides is 1. The number of sulfonamides is 1. The van der Waals surface area contributed by atoms with Gasteiger partial charge in [0.15, 0.2) is 0 Å². The fraction of sp³-hybridized carbons (Fsp3) is 0.0800. The number of carboxylic acid groups (broad SMARTS) is 1. The molecule has 1 aromatic heterocycles. The zero-order valence-corrected chi connectivity index (χ0v) is 20.5. The molecule has 1 amide bonds. The first kappa shape index (κ1) is 25.6. The molecule has 3 aromatic carbocycles. The highest BCUT2D eigenvalue weighted by atomic mass is 35.5. The fourth-order valence-corrected chi connectivity index (χ4v) is 5.03. The molecule has 0 aliphatic rings. The van der Waals surface area contributed by atoms with E-state index in [-0.39, 0.29) is 33.1 Å². The minimum Gasteiger partial charge on any atom is -0.480 e. The van der Waals surface area contributed by atoms with Gasteiger partial charge < -0.3 is 10.4 Å². The molecule has 0 saturated heterocycles. The van der Waals surface area contributed by atoms with Crippen molar-refractivity contribution in [2.45, 2.75) is 17.4 Å². The quantitative estimate of drug-likeness (QED) is 0.309. The maximum Gasteiger partial charge on any atom is 0.326 e. The van der Waals surface area contributed by atoms with Crippen molar-refractivity contribution in [3.63, 3.8) is 0 Å². The van der Waals surface area contributed by atoms with E-state index in [9.17, 15) is 23.1 Å². The van der Waals surface area contributed by atoms with Gasteiger partial charge in [0.25, 0.3) is 15.9 Å². The largest absolute Gasteiger partial charge is 0.480 e. The molecule has 0 aliphatic carbocycles. The molecular weight excluding hydrogens is 518 g/mol. The Morgan fingerprint density at radius 1 is 1.05 bits per heavy atom. The molecule has 12 heteroatoms. The highest BCUT2D eigenvalue weighted by Gasteiger charge is 2.25. The number of nitrogens with one attached hydrogen (secondary N) is 2. The number of halogens is 1. The van der Waals surface area contributed by atoms with Crippen molar-refractivity contribution >= 4 is 50.2 Å². The van der Waals surface area contributed by atoms with Gasteiger partial charge in [-0.25, -0.2) is 13.2 Å². The number of aromatic nitrogens is 2. The van der Waals surface area contributed by atoms with E-state index in [4.69, 9.17) is 16.9 Å². The second kappa shape index (κ2) is 10.6. The van der Waals surface area contributed by atoms with Gasteiger partial charge >= 0.3 is 5.97 Å². The van der Waals surface area contributed by atoms with Crippen molar-refractivity contribution in [1.82, 2.24) is 15.3 Å². The van der Waals surface area contributed by atoms with Crippen molar-refractivity contribution < 1.29 is 23.1 Å². The number of aliphatic carboxylic acids is 1. The third-order valence-electron chi connectivity index (χ3n) is 5.32. The minimum atomic E-state index is -4.25. The number of anilines is 1. The first-order chi connectivity index (χ1) is 17.7. The second-order valence-corrected chi connectivity index (χ2v) is 9.94. The summed E-state index contributed by atoms with van der Waals surface area (Å²) in [4.78, 5) is 33.0. The van der Waals surface area contributed by atoms with Crippen LogP contribution >= 0.6 is 11.6 Å². The van der Waals surface area contributed by atoms with Gasteiger partial charge in [-0.1, -0.05) is 29.8 Å². The molecule has 186 valence electrons. The SMILES string of the molecule is N#Cc1cccc(CC(NC(=O)c2ccc(Cl)cc2NS(=O)(=O)c2cccc3nccnc23)C(=O)O)c1. The second-order valence-electron chi connectivity index (χ2n) is 7.86. The molecule has 0 radical (unpaired) electrons. The summed E-state index contributed by atoms with van der Waals surface area (Å²) >= 11 is 6.07. The van der Waals surface area contributed by atoms with Gasteiger partial charge in [0.05, 0.1) is 28.4 Å². The summed E-state index contributed by atoms with van der Waals surface area (Å²) in [6, 6.07) is 15.3. The molecule has 0 spiro atoms. The van der Waals surface area contributed by atoms with E-state index in [1.807, 2.05) is 6.07 Å². The molecule has 1 heterocycles. The smallest absolute Gasteiger partial charge is 0.326 e. The van der Waals surface area contributed by atoms with Crippen molar-refractivity contribution in [1.29, 1.82) is 5.26 Å². The predicted octanol–water partition coefficient (Wildman–Crippen LogP) is 3.38. The summed E-state index contributed by atoms with van der Waals surface area (Å²) in [7, 11) is -4.25. The highest BCUT2D eigenvalue weighted by Crippen LogP contribution is 2.27. The lowest BCUT2D eigenvalue weighted by molar-refractivity contribution is -0.139. The first-order valence-corrected chi connectivity index (χ1v) is 12.6. The summed E-state index contributed by atoms with van der Waals surface area (Å²) in [6.07, 6.45) is 2.69. The van der Waals surface area contributed by atoms with Crippen LogP contribution in [-0.2, 0) is 21.2 Å². The Kier molecular flexibility index (Phi) is 7.33. The highest BCUT2D eigenvalue weighted by molar-refractivity contribution is 7.93. The summed E-state index contributed by atoms with van der Waals surface area (Å²) in [5.41, 5.74) is 1.08. The summed E-state index contributed by atoms with van der Waals surface area (Å²) in [5, 5.41) is 21.3. The Labute approximate surface area is 216 Å². The molecule has 1 unspecified atom stereocenters. The number of hydrogen-bond donors (Lipinski definition) is 3. The van der Waals surface area contributed by atoms with Gasteiger partial charge in [0.2, 0.25) is 0 Å². The Morgan fingerprint density at radius 2 is 1.81 bits per heavy atom. The molecule has 3 N–H and O–H groups in total. The van der Waals surface area contributed by atoms with Gasteiger partial charge in [0, 0.05) is 23.8 Å². The maximum absolute atomic E-state index is 13.3. The molecule has 0 saturated carbocycles. The zero-order chi connectivity index (χ0) is 26.6. The van der Waals surface area contributed by atoms with Crippen LogP contribution in [-0.4, -0.2) is 41.4 Å². The van der Waals surface area contributed by atoms with E-state index >= 15 is 0 Å². The van der Waals surface area contributed by atoms with Gasteiger partial charge in [0.1, 0.15) is 16.5 Å². The number of carbonyl (C=O) groups excluding carboxylic acids is 1. The molecule has 0 bridgehead atoms. The molecule has 10 nitrogen and oxygen atoms in total. The van der Waals surface area contributed by atoms with Crippen molar-refractivity contribution in [2.75, 3.05) is 4.72 Å². The molecular formula is C25H18ClN5O5S. The summed E-state index contributed by atoms with van der Waals surface area (Å²) < 4.78 is 28.9. The van der Waals surface area contributed by atoms with Gasteiger partial charge in [-0.05, 0) is 48.0 Å². The van der Waals surface area contributed by atoms with Crippen molar-refractivity contribution in [2.24, 2.45) is 0 Å². The number of nitrogens with zero attached hydrogens (tertiary/aromatic N) is 3. The van der Waals surface area contributed by atoms with Crippen LogP contribution in [0.25, 0.3) is 11.0 Å². The Bertz CT molecular complexity index is 1660. The fourth-order valence-electron chi connectivity index (χ4n) is 3.62. The minimum absolute atomic E-state index is 0.0973. The standard InChI is InChI=1S/C25H18ClN5O5S/c26-17-7-8-18(24(32)30-21(25(33)34)12-15-3-1-4-16(11-15)14-27)20(13-17)31-37(35,36)22-6-2-5-19-23(22)29-10-9-28-19/h1-11,13,21,31H,12H2,(H,30,32)(H,33,34). The van der Waals surface area contributed by atoms with E-state index in [0.29, 0.717) is 16.6 Å². The molecule has 0 fully saturated rings. The van der Waals surface area contributed by atoms with E-state index < -0.39 is 27.9 Å². The molecule has 0 aliphatic heterocycles. The lowest BCUT2D eigenvalue weighted by Crippen LogP contribution is -2.42. The lowest BCUT2D eigenvalue weighted by atomic mass is 10.0. The van der Waals surface area contributed by atoms with Crippen LogP contribution in [0.1, 0.15) is 21.5 Å². The number of rotatable bonds is 8. The third-order valence-corrected chi connectivity index (χ3v) is 6.95. The Hall–Kier alpha value is -4.53. The van der Waals surface area contributed by atoms with Crippen LogP contribution in [0.4, 0.5) is 5.69 Å². The molecule has 4 rings (SSSR count). The van der Waals surface area contributed by atoms with Crippen LogP contribution in [0.3, 0.4) is 0 Å². The number of fused-ring (bicyclic) bond motifs is 1. The van der Waals surface area contributed by atoms with E-state index in [1.54, 1.807) is 24.3 Å². The van der Waals surface area contributed by atoms with Crippen molar-refractivity contribution in [3.05, 3.63) is 94.8 Å². The van der Waals surface area contributed by atoms with Crippen LogP contribution in [0.15, 0.2) is 78.0 Å². The van der Waals surface area contributed by atoms with Gasteiger partial charge in [-0.2, -0.15) is 5.26 Å². The predicted molar refractivity (Wildman–Crippen MR) is 136 cm³/mol. The average molecular weight is 536 g/mol. The van der Waals surface area contributed by atoms with Crippen molar-refractivity contribution in [3.8, 4) is 6.07 Å². The first-order valence-electron chi connectivity index (χ1n) is 10.7. The number of benzene rings is 3. The zero-order valence-electron chi connectivity index (χ0n) is 18.9. The van der Waals surface area contributed by atoms with E-state index in [0.717, 1.165) is 0 Å². The number of nitriles is 1. The third kappa shape index (κ3) is 5.83. The Balaban J connectivity index is 1.64. The monoisotopic (exact) mass is 535 g/mol. The van der Waals surface area contributed by atoms with Crippen LogP contribution in [0.2, 0.25) is 5.02 Å². The lowest BCUT2D eigenvalue weighted by Gasteiger charge is -2.17. The van der Waals surface area contributed by atoms with Gasteiger partial charge in [-0.3, -0.25) is 19.5 Å². The van der Waals surface area contributed by atoms with E-state index in [1.165, 1.54) is 48.8 Å². The average Bonchev–Trinajstić information content (AvgIpc) is 2.87. The topological polar surface area (TPSA) is 162 Å². The molecule has 1 atom stereocenters. The maximum atomic E-state index is 13.3. The summed E-state index contributed by atoms with van der Waals surface area (Å²) in [5.74, 6) is -2.14. The summed E-state index contributed by atoms with van der Waals surface area (Å²) in [6.45, 7) is 0. The normalized spacial score (nSPS) is 11.9. The van der Waals surface area contributed by atoms with E-state index in [2.05, 4.69) is 20.0 Å². The van der Waals surface area contributed by atoms with Crippen LogP contribution in [0.5, 0.6) is 0 Å². The van der Waals surface area contributed by atoms with Crippen LogP contribution < -0.4 is 10.0 Å². The molecule has 4 aromatic rings.